The third-order valence-electron chi connectivity index (χ3n) is 8.40. The van der Waals surface area contributed by atoms with Crippen molar-refractivity contribution in [2.24, 2.45) is 17.1 Å². The first-order valence-electron chi connectivity index (χ1n) is 13.2. The number of carbonyl (C=O) groups is 4. The lowest BCUT2D eigenvalue weighted by atomic mass is 9.72. The molecule has 198 valence electrons. The van der Waals surface area contributed by atoms with E-state index >= 15 is 0 Å². The van der Waals surface area contributed by atoms with Crippen molar-refractivity contribution in [1.29, 1.82) is 0 Å². The zero-order valence-corrected chi connectivity index (χ0v) is 21.6. The maximum absolute atomic E-state index is 13.8. The number of likely N-dealkylation sites (tertiary alicyclic amines) is 1. The molecule has 3 atom stereocenters. The third-order valence-corrected chi connectivity index (χ3v) is 8.72. The third kappa shape index (κ3) is 5.19. The molecule has 3 fully saturated rings. The lowest BCUT2D eigenvalue weighted by molar-refractivity contribution is -0.132. The van der Waals surface area contributed by atoms with Gasteiger partial charge in [0, 0.05) is 24.4 Å². The van der Waals surface area contributed by atoms with Crippen molar-refractivity contribution in [2.45, 2.75) is 69.9 Å². The van der Waals surface area contributed by atoms with Gasteiger partial charge in [-0.3, -0.25) is 19.2 Å². The van der Waals surface area contributed by atoms with Crippen molar-refractivity contribution in [2.75, 3.05) is 13.1 Å². The second-order valence-corrected chi connectivity index (χ2v) is 11.3. The van der Waals surface area contributed by atoms with E-state index in [4.69, 9.17) is 17.3 Å². The topological polar surface area (TPSA) is 137 Å². The number of hydrogen-bond donors (Lipinski definition) is 4. The number of carbonyl (C=O) groups excluding carboxylic acids is 4. The van der Waals surface area contributed by atoms with Gasteiger partial charge in [-0.2, -0.15) is 0 Å². The van der Waals surface area contributed by atoms with E-state index in [0.29, 0.717) is 42.2 Å². The number of primary amides is 1. The van der Waals surface area contributed by atoms with Crippen LogP contribution in [-0.2, 0) is 14.4 Å². The lowest BCUT2D eigenvalue weighted by Gasteiger charge is -2.32. The minimum Gasteiger partial charge on any atom is -0.368 e. The molecular weight excluding hydrogens is 494 g/mol. The van der Waals surface area contributed by atoms with Gasteiger partial charge in [-0.25, -0.2) is 0 Å². The molecule has 9 nitrogen and oxygen atoms in total. The van der Waals surface area contributed by atoms with Gasteiger partial charge >= 0.3 is 0 Å². The molecule has 4 amide bonds. The first kappa shape index (κ1) is 25.6. The molecule has 2 aromatic rings. The number of H-pyrrole nitrogens is 1. The summed E-state index contributed by atoms with van der Waals surface area (Å²) in [6, 6.07) is 5.52. The van der Waals surface area contributed by atoms with Crippen LogP contribution in [0, 0.1) is 11.3 Å². The van der Waals surface area contributed by atoms with E-state index < -0.39 is 23.9 Å². The van der Waals surface area contributed by atoms with Gasteiger partial charge < -0.3 is 26.3 Å². The predicted octanol–water partition coefficient (Wildman–Crippen LogP) is 2.87. The Labute approximate surface area is 220 Å². The van der Waals surface area contributed by atoms with Crippen LogP contribution in [0.4, 0.5) is 0 Å². The summed E-state index contributed by atoms with van der Waals surface area (Å²) < 4.78 is 0. The number of fused-ring (bicyclic) bond motifs is 1. The van der Waals surface area contributed by atoms with Gasteiger partial charge in [-0.1, -0.05) is 43.0 Å². The molecule has 5 N–H and O–H groups in total. The quantitative estimate of drug-likeness (QED) is 0.459. The van der Waals surface area contributed by atoms with Crippen molar-refractivity contribution in [1.82, 2.24) is 20.5 Å². The maximum atomic E-state index is 13.8. The number of piperidine rings is 1. The largest absolute Gasteiger partial charge is 0.368 e. The number of rotatable bonds is 6. The molecule has 2 aliphatic heterocycles. The summed E-state index contributed by atoms with van der Waals surface area (Å²) in [7, 11) is 0. The normalized spacial score (nSPS) is 24.1. The highest BCUT2D eigenvalue weighted by Gasteiger charge is 2.49. The number of halogens is 1. The van der Waals surface area contributed by atoms with E-state index in [2.05, 4.69) is 15.6 Å². The van der Waals surface area contributed by atoms with Crippen LogP contribution in [0.3, 0.4) is 0 Å². The molecule has 1 unspecified atom stereocenters. The molecule has 0 bridgehead atoms. The maximum Gasteiger partial charge on any atom is 0.271 e. The number of aromatic amines is 1. The van der Waals surface area contributed by atoms with E-state index in [9.17, 15) is 19.2 Å². The van der Waals surface area contributed by atoms with Crippen LogP contribution in [0.5, 0.6) is 0 Å². The summed E-state index contributed by atoms with van der Waals surface area (Å²) >= 11 is 6.32. The number of para-hydroxylation sites is 1. The Hall–Kier alpha value is -3.07. The summed E-state index contributed by atoms with van der Waals surface area (Å²) in [4.78, 5) is 56.7. The predicted molar refractivity (Wildman–Crippen MR) is 140 cm³/mol. The minimum atomic E-state index is -0.979. The Morgan fingerprint density at radius 3 is 2.68 bits per heavy atom. The molecule has 1 saturated carbocycles. The molecular formula is C27H34ClN5O4. The molecule has 37 heavy (non-hydrogen) atoms. The lowest BCUT2D eigenvalue weighted by Crippen LogP contribution is -2.53. The first-order chi connectivity index (χ1) is 17.8. The van der Waals surface area contributed by atoms with Crippen LogP contribution in [-0.4, -0.2) is 58.7 Å². The monoisotopic (exact) mass is 527 g/mol. The Kier molecular flexibility index (Phi) is 7.16. The highest BCUT2D eigenvalue weighted by Crippen LogP contribution is 2.46. The summed E-state index contributed by atoms with van der Waals surface area (Å²) in [5.41, 5.74) is 6.58. The van der Waals surface area contributed by atoms with Crippen molar-refractivity contribution < 1.29 is 19.2 Å². The molecule has 5 rings (SSSR count). The molecule has 0 radical (unpaired) electrons. The molecule has 1 spiro atoms. The molecule has 10 heteroatoms. The van der Waals surface area contributed by atoms with Crippen molar-refractivity contribution >= 4 is 46.1 Å². The van der Waals surface area contributed by atoms with Gasteiger partial charge in [0.05, 0.1) is 10.5 Å². The van der Waals surface area contributed by atoms with E-state index in [0.717, 1.165) is 43.9 Å². The zero-order valence-electron chi connectivity index (χ0n) is 20.9. The minimum absolute atomic E-state index is 0.120. The van der Waals surface area contributed by atoms with Crippen LogP contribution < -0.4 is 16.4 Å². The van der Waals surface area contributed by atoms with Gasteiger partial charge in [0.1, 0.15) is 17.8 Å². The molecule has 1 aromatic carbocycles. The van der Waals surface area contributed by atoms with Crippen LogP contribution >= 0.6 is 11.6 Å². The summed E-state index contributed by atoms with van der Waals surface area (Å²) in [6.45, 7) is 1.10. The Bertz CT molecular complexity index is 1220. The highest BCUT2D eigenvalue weighted by molar-refractivity contribution is 6.35. The van der Waals surface area contributed by atoms with Gasteiger partial charge in [0.25, 0.3) is 5.91 Å². The smallest absolute Gasteiger partial charge is 0.271 e. The number of amides is 4. The molecule has 1 aromatic heterocycles. The fourth-order valence-corrected chi connectivity index (χ4v) is 6.65. The Morgan fingerprint density at radius 2 is 1.97 bits per heavy atom. The fraction of sp³-hybridized carbons (Fsp3) is 0.556. The Morgan fingerprint density at radius 1 is 1.19 bits per heavy atom. The number of nitrogens with zero attached hydrogens (tertiary/aromatic N) is 1. The molecule has 1 aliphatic carbocycles. The number of aromatic nitrogens is 1. The molecule has 3 aliphatic rings. The number of benzene rings is 1. The average molecular weight is 528 g/mol. The summed E-state index contributed by atoms with van der Waals surface area (Å²) in [6.07, 6.45) is 7.36. The van der Waals surface area contributed by atoms with Crippen LogP contribution in [0.1, 0.15) is 68.3 Å². The SMILES string of the molecule is NC(=O)[C@H](C[C@@H]1CCCNC1=O)NC(=O)C1CC2(CCCCC2)CN1C(=O)c1cc2cccc(Cl)c2[nH]1. The number of nitrogens with two attached hydrogens (primary N) is 1. The summed E-state index contributed by atoms with van der Waals surface area (Å²) in [5.74, 6) is -1.85. The Balaban J connectivity index is 1.39. The van der Waals surface area contributed by atoms with Gasteiger partial charge in [-0.05, 0) is 56.1 Å². The highest BCUT2D eigenvalue weighted by atomic mass is 35.5. The molecule has 2 saturated heterocycles. The van der Waals surface area contributed by atoms with Gasteiger partial charge in [0.2, 0.25) is 17.7 Å². The van der Waals surface area contributed by atoms with Crippen LogP contribution in [0.15, 0.2) is 24.3 Å². The van der Waals surface area contributed by atoms with Gasteiger partial charge in [0.15, 0.2) is 0 Å². The summed E-state index contributed by atoms with van der Waals surface area (Å²) in [5, 5.41) is 6.95. The van der Waals surface area contributed by atoms with E-state index in [1.807, 2.05) is 12.1 Å². The van der Waals surface area contributed by atoms with Crippen LogP contribution in [0.2, 0.25) is 5.02 Å². The molecule has 3 heterocycles. The average Bonchev–Trinajstić information content (AvgIpc) is 3.48. The fourth-order valence-electron chi connectivity index (χ4n) is 6.42. The van der Waals surface area contributed by atoms with Crippen molar-refractivity contribution in [3.8, 4) is 0 Å². The number of hydrogen-bond acceptors (Lipinski definition) is 4. The first-order valence-corrected chi connectivity index (χ1v) is 13.6. The van der Waals surface area contributed by atoms with Crippen molar-refractivity contribution in [3.63, 3.8) is 0 Å². The van der Waals surface area contributed by atoms with Crippen LogP contribution in [0.25, 0.3) is 10.9 Å². The standard InChI is InChI=1S/C27H34ClN5O4/c28-18-8-4-6-16-12-20(31-22(16)18)26(37)33-15-27(9-2-1-3-10-27)14-21(33)25(36)32-19(23(29)34)13-17-7-5-11-30-24(17)35/h4,6,8,12,17,19,21,31H,1-3,5,7,9-11,13-15H2,(H2,29,34)(H,30,35)(H,32,36)/t17-,19-,21?/m0/s1. The number of nitrogens with one attached hydrogen (secondary N) is 3. The zero-order chi connectivity index (χ0) is 26.2. The second kappa shape index (κ2) is 10.4. The van der Waals surface area contributed by atoms with E-state index in [-0.39, 0.29) is 29.6 Å². The second-order valence-electron chi connectivity index (χ2n) is 10.9. The van der Waals surface area contributed by atoms with E-state index in [1.54, 1.807) is 17.0 Å². The van der Waals surface area contributed by atoms with E-state index in [1.165, 1.54) is 0 Å². The van der Waals surface area contributed by atoms with Gasteiger partial charge in [-0.15, -0.1) is 0 Å². The van der Waals surface area contributed by atoms with Crippen molar-refractivity contribution in [3.05, 3.63) is 35.0 Å².